The lowest BCUT2D eigenvalue weighted by atomic mass is 9.89. The fraction of sp³-hybridized carbons (Fsp3) is 0.667. The predicted octanol–water partition coefficient (Wildman–Crippen LogP) is 1.75. The van der Waals surface area contributed by atoms with Crippen LogP contribution in [0.15, 0.2) is 6.07 Å². The molecule has 1 aromatic heterocycles. The van der Waals surface area contributed by atoms with Crippen LogP contribution in [0.4, 0.5) is 0 Å². The number of nitrogens with zero attached hydrogens (tertiary/aromatic N) is 2. The molecular weight excluding hydrogens is 290 g/mol. The molecule has 0 aromatic carbocycles. The van der Waals surface area contributed by atoms with Gasteiger partial charge < -0.3 is 10.8 Å². The average Bonchev–Trinajstić information content (AvgIpc) is 2.74. The number of fused-ring (bicyclic) bond motifs is 1. The maximum absolute atomic E-state index is 11.7. The van der Waals surface area contributed by atoms with E-state index in [0.29, 0.717) is 12.2 Å². The molecule has 126 valence electrons. The fourth-order valence-electron chi connectivity index (χ4n) is 3.99. The van der Waals surface area contributed by atoms with Crippen LogP contribution in [0.2, 0.25) is 0 Å². The number of β-amino-alcohol motifs (C(OH)–C–C–N with tert-alkyl or cyclic N) is 1. The standard InChI is InChI=1S/C18H27N3O2/c1-17(2)7-5-13-12(9-14(16(19)22)20-15(13)17)10-21-8-4-6-18(3,23)11-21/h9,23H,4-8,10-11H2,1-3H3,(H2,19,22). The number of aromatic nitrogens is 1. The second-order valence-corrected chi connectivity index (χ2v) is 8.05. The van der Waals surface area contributed by atoms with Gasteiger partial charge in [-0.25, -0.2) is 4.98 Å². The molecule has 1 fully saturated rings. The van der Waals surface area contributed by atoms with Gasteiger partial charge in [-0.3, -0.25) is 9.69 Å². The molecule has 1 amide bonds. The monoisotopic (exact) mass is 317 g/mol. The molecule has 23 heavy (non-hydrogen) atoms. The topological polar surface area (TPSA) is 79.5 Å². The van der Waals surface area contributed by atoms with Crippen molar-refractivity contribution >= 4 is 5.91 Å². The van der Waals surface area contributed by atoms with Crippen molar-refractivity contribution in [3.63, 3.8) is 0 Å². The minimum absolute atomic E-state index is 0.0110. The maximum Gasteiger partial charge on any atom is 0.267 e. The van der Waals surface area contributed by atoms with Gasteiger partial charge in [0.25, 0.3) is 5.91 Å². The number of carbonyl (C=O) groups is 1. The zero-order valence-electron chi connectivity index (χ0n) is 14.4. The van der Waals surface area contributed by atoms with Crippen LogP contribution in [-0.4, -0.2) is 39.6 Å². The van der Waals surface area contributed by atoms with Crippen molar-refractivity contribution in [3.05, 3.63) is 28.6 Å². The molecular formula is C18H27N3O2. The summed E-state index contributed by atoms with van der Waals surface area (Å²) in [5.41, 5.74) is 8.64. The number of hydrogen-bond acceptors (Lipinski definition) is 4. The number of pyridine rings is 1. The number of hydrogen-bond donors (Lipinski definition) is 2. The van der Waals surface area contributed by atoms with Gasteiger partial charge in [0, 0.05) is 18.5 Å². The van der Waals surface area contributed by atoms with Gasteiger partial charge in [-0.05, 0) is 56.3 Å². The molecule has 3 rings (SSSR count). The van der Waals surface area contributed by atoms with E-state index in [1.165, 1.54) is 5.56 Å². The Kier molecular flexibility index (Phi) is 3.97. The van der Waals surface area contributed by atoms with Crippen LogP contribution in [0.3, 0.4) is 0 Å². The lowest BCUT2D eigenvalue weighted by Crippen LogP contribution is -2.45. The van der Waals surface area contributed by atoms with Crippen LogP contribution < -0.4 is 5.73 Å². The van der Waals surface area contributed by atoms with Crippen LogP contribution in [0, 0.1) is 0 Å². The summed E-state index contributed by atoms with van der Waals surface area (Å²) in [5, 5.41) is 10.3. The zero-order chi connectivity index (χ0) is 16.8. The summed E-state index contributed by atoms with van der Waals surface area (Å²) in [5.74, 6) is -0.470. The number of amides is 1. The van der Waals surface area contributed by atoms with Crippen LogP contribution in [0.25, 0.3) is 0 Å². The van der Waals surface area contributed by atoms with Crippen LogP contribution in [0.5, 0.6) is 0 Å². The number of piperidine rings is 1. The Hall–Kier alpha value is -1.46. The number of nitrogens with two attached hydrogens (primary N) is 1. The third-order valence-electron chi connectivity index (χ3n) is 5.26. The third-order valence-corrected chi connectivity index (χ3v) is 5.26. The van der Waals surface area contributed by atoms with Gasteiger partial charge in [0.05, 0.1) is 11.3 Å². The normalized spacial score (nSPS) is 27.0. The first-order chi connectivity index (χ1) is 10.7. The van der Waals surface area contributed by atoms with E-state index in [-0.39, 0.29) is 5.41 Å². The van der Waals surface area contributed by atoms with Crippen molar-refractivity contribution in [3.8, 4) is 0 Å². The van der Waals surface area contributed by atoms with Crippen molar-refractivity contribution in [2.24, 2.45) is 5.73 Å². The van der Waals surface area contributed by atoms with E-state index in [9.17, 15) is 9.90 Å². The fourth-order valence-corrected chi connectivity index (χ4v) is 3.99. The maximum atomic E-state index is 11.7. The van der Waals surface area contributed by atoms with Crippen molar-refractivity contribution < 1.29 is 9.90 Å². The Bertz CT molecular complexity index is 637. The molecule has 0 bridgehead atoms. The molecule has 0 spiro atoms. The Morgan fingerprint density at radius 3 is 2.78 bits per heavy atom. The highest BCUT2D eigenvalue weighted by Gasteiger charge is 2.35. The summed E-state index contributed by atoms with van der Waals surface area (Å²) in [6.45, 7) is 8.63. The lowest BCUT2D eigenvalue weighted by molar-refractivity contribution is -0.0182. The quantitative estimate of drug-likeness (QED) is 0.890. The Labute approximate surface area is 137 Å². The van der Waals surface area contributed by atoms with Crippen LogP contribution >= 0.6 is 0 Å². The zero-order valence-corrected chi connectivity index (χ0v) is 14.4. The van der Waals surface area contributed by atoms with Gasteiger partial charge in [-0.2, -0.15) is 0 Å². The summed E-state index contributed by atoms with van der Waals surface area (Å²) in [4.78, 5) is 18.5. The van der Waals surface area contributed by atoms with E-state index < -0.39 is 11.5 Å². The molecule has 1 saturated heterocycles. The van der Waals surface area contributed by atoms with Gasteiger partial charge in [0.2, 0.25) is 0 Å². The third kappa shape index (κ3) is 3.26. The molecule has 1 aromatic rings. The van der Waals surface area contributed by atoms with Crippen LogP contribution in [-0.2, 0) is 18.4 Å². The van der Waals surface area contributed by atoms with E-state index in [1.54, 1.807) is 0 Å². The lowest BCUT2D eigenvalue weighted by Gasteiger charge is -2.37. The summed E-state index contributed by atoms with van der Waals surface area (Å²) >= 11 is 0. The van der Waals surface area contributed by atoms with Gasteiger partial charge >= 0.3 is 0 Å². The molecule has 1 atom stereocenters. The van der Waals surface area contributed by atoms with Gasteiger partial charge in [-0.1, -0.05) is 13.8 Å². The van der Waals surface area contributed by atoms with Crippen molar-refractivity contribution in [2.75, 3.05) is 13.1 Å². The number of likely N-dealkylation sites (tertiary alicyclic amines) is 1. The molecule has 1 aliphatic carbocycles. The summed E-state index contributed by atoms with van der Waals surface area (Å²) in [6.07, 6.45) is 3.88. The van der Waals surface area contributed by atoms with Crippen molar-refractivity contribution in [1.29, 1.82) is 0 Å². The van der Waals surface area contributed by atoms with E-state index in [1.807, 2.05) is 13.0 Å². The highest BCUT2D eigenvalue weighted by molar-refractivity contribution is 5.91. The second kappa shape index (κ2) is 5.56. The van der Waals surface area contributed by atoms with Gasteiger partial charge in [-0.15, -0.1) is 0 Å². The smallest absolute Gasteiger partial charge is 0.267 e. The first-order valence-electron chi connectivity index (χ1n) is 8.46. The second-order valence-electron chi connectivity index (χ2n) is 8.05. The summed E-state index contributed by atoms with van der Waals surface area (Å²) < 4.78 is 0. The molecule has 2 heterocycles. The number of rotatable bonds is 3. The van der Waals surface area contributed by atoms with Crippen molar-refractivity contribution in [2.45, 2.75) is 64.0 Å². The predicted molar refractivity (Wildman–Crippen MR) is 89.2 cm³/mol. The molecule has 1 unspecified atom stereocenters. The van der Waals surface area contributed by atoms with E-state index >= 15 is 0 Å². The van der Waals surface area contributed by atoms with Gasteiger partial charge in [0.15, 0.2) is 0 Å². The molecule has 0 radical (unpaired) electrons. The number of aliphatic hydroxyl groups is 1. The highest BCUT2D eigenvalue weighted by atomic mass is 16.3. The minimum Gasteiger partial charge on any atom is -0.389 e. The Morgan fingerprint density at radius 2 is 2.13 bits per heavy atom. The van der Waals surface area contributed by atoms with Gasteiger partial charge in [0.1, 0.15) is 5.69 Å². The SMILES string of the molecule is CC1(O)CCCN(Cc2cc(C(N)=O)nc3c2CCC3(C)C)C1. The van der Waals surface area contributed by atoms with E-state index in [0.717, 1.165) is 50.0 Å². The average molecular weight is 317 g/mol. The van der Waals surface area contributed by atoms with Crippen LogP contribution in [0.1, 0.15) is 67.3 Å². The Balaban J connectivity index is 1.94. The number of primary amides is 1. The summed E-state index contributed by atoms with van der Waals surface area (Å²) in [6, 6.07) is 1.85. The molecule has 1 aliphatic heterocycles. The first-order valence-corrected chi connectivity index (χ1v) is 8.46. The highest BCUT2D eigenvalue weighted by Crippen LogP contribution is 2.39. The number of carbonyl (C=O) groups excluding carboxylic acids is 1. The molecule has 3 N–H and O–H groups in total. The Morgan fingerprint density at radius 1 is 1.39 bits per heavy atom. The summed E-state index contributed by atoms with van der Waals surface area (Å²) in [7, 11) is 0. The first kappa shape index (κ1) is 16.4. The molecule has 5 nitrogen and oxygen atoms in total. The van der Waals surface area contributed by atoms with E-state index in [4.69, 9.17) is 5.73 Å². The van der Waals surface area contributed by atoms with E-state index in [2.05, 4.69) is 23.7 Å². The molecule has 5 heteroatoms. The van der Waals surface area contributed by atoms with Crippen molar-refractivity contribution in [1.82, 2.24) is 9.88 Å². The minimum atomic E-state index is -0.625. The molecule has 2 aliphatic rings. The molecule has 0 saturated carbocycles. The largest absolute Gasteiger partial charge is 0.389 e.